The van der Waals surface area contributed by atoms with Crippen LogP contribution >= 0.6 is 11.6 Å². The van der Waals surface area contributed by atoms with Gasteiger partial charge < -0.3 is 4.42 Å². The zero-order chi connectivity index (χ0) is 12.3. The molecular weight excluding hydrogens is 241 g/mol. The second-order valence-electron chi connectivity index (χ2n) is 3.67. The van der Waals surface area contributed by atoms with E-state index in [4.69, 9.17) is 16.0 Å². The van der Waals surface area contributed by atoms with Gasteiger partial charge in [-0.05, 0) is 24.6 Å². The molecule has 4 heteroatoms. The summed E-state index contributed by atoms with van der Waals surface area (Å²) in [5.74, 6) is 0.460. The number of aryl methyl sites for hydroxylation is 1. The number of alkyl halides is 1. The molecule has 1 aromatic heterocycles. The van der Waals surface area contributed by atoms with Gasteiger partial charge in [0, 0.05) is 11.6 Å². The Morgan fingerprint density at radius 3 is 2.88 bits per heavy atom. The van der Waals surface area contributed by atoms with E-state index in [0.29, 0.717) is 23.0 Å². The standard InChI is InChI=1S/C13H11ClFNO/c1-9-2-3-10(12(15)6-9)4-5-13-16-11(7-14)8-17-13/h2-6,8H,7H2,1H3/b5-4+. The van der Waals surface area contributed by atoms with Gasteiger partial charge in [0.15, 0.2) is 0 Å². The monoisotopic (exact) mass is 251 g/mol. The van der Waals surface area contributed by atoms with Crippen molar-refractivity contribution in [2.75, 3.05) is 0 Å². The first kappa shape index (κ1) is 11.9. The molecule has 0 N–H and O–H groups in total. The molecule has 17 heavy (non-hydrogen) atoms. The summed E-state index contributed by atoms with van der Waals surface area (Å²) < 4.78 is 18.6. The van der Waals surface area contributed by atoms with Crippen molar-refractivity contribution in [3.63, 3.8) is 0 Å². The van der Waals surface area contributed by atoms with Crippen LogP contribution in [0.15, 0.2) is 28.9 Å². The molecule has 0 amide bonds. The zero-order valence-electron chi connectivity index (χ0n) is 9.28. The average Bonchev–Trinajstić information content (AvgIpc) is 2.76. The van der Waals surface area contributed by atoms with E-state index in [1.54, 1.807) is 18.2 Å². The molecule has 2 rings (SSSR count). The van der Waals surface area contributed by atoms with Gasteiger partial charge in [-0.3, -0.25) is 0 Å². The number of nitrogens with zero attached hydrogens (tertiary/aromatic N) is 1. The Morgan fingerprint density at radius 1 is 1.41 bits per heavy atom. The minimum absolute atomic E-state index is 0.259. The van der Waals surface area contributed by atoms with Crippen LogP contribution in [0.5, 0.6) is 0 Å². The molecule has 1 heterocycles. The van der Waals surface area contributed by atoms with Crippen molar-refractivity contribution in [2.45, 2.75) is 12.8 Å². The Bertz CT molecular complexity index is 548. The SMILES string of the molecule is Cc1ccc(/C=C/c2nc(CCl)co2)c(F)c1. The first-order valence-electron chi connectivity index (χ1n) is 5.13. The lowest BCUT2D eigenvalue weighted by molar-refractivity contribution is 0.546. The van der Waals surface area contributed by atoms with Crippen LogP contribution in [0.3, 0.4) is 0 Å². The fourth-order valence-corrected chi connectivity index (χ4v) is 1.51. The highest BCUT2D eigenvalue weighted by molar-refractivity contribution is 6.16. The summed E-state index contributed by atoms with van der Waals surface area (Å²) in [7, 11) is 0. The van der Waals surface area contributed by atoms with E-state index < -0.39 is 0 Å². The second-order valence-corrected chi connectivity index (χ2v) is 3.94. The maximum atomic E-state index is 13.5. The Labute approximate surface area is 104 Å². The highest BCUT2D eigenvalue weighted by Crippen LogP contribution is 2.14. The first-order chi connectivity index (χ1) is 8.19. The topological polar surface area (TPSA) is 26.0 Å². The van der Waals surface area contributed by atoms with Crippen molar-refractivity contribution >= 4 is 23.8 Å². The van der Waals surface area contributed by atoms with Crippen LogP contribution in [-0.4, -0.2) is 4.98 Å². The summed E-state index contributed by atoms with van der Waals surface area (Å²) in [4.78, 5) is 4.08. The summed E-state index contributed by atoms with van der Waals surface area (Å²) >= 11 is 5.59. The van der Waals surface area contributed by atoms with E-state index in [1.165, 1.54) is 12.3 Å². The molecule has 2 aromatic rings. The molecule has 88 valence electrons. The summed E-state index contributed by atoms with van der Waals surface area (Å²) in [6.07, 6.45) is 4.72. The predicted octanol–water partition coefficient (Wildman–Crippen LogP) is 4.03. The van der Waals surface area contributed by atoms with Crippen molar-refractivity contribution in [3.8, 4) is 0 Å². The molecular formula is C13H11ClFNO. The lowest BCUT2D eigenvalue weighted by Gasteiger charge is -1.97. The minimum Gasteiger partial charge on any atom is -0.445 e. The molecule has 0 aliphatic carbocycles. The van der Waals surface area contributed by atoms with Crippen molar-refractivity contribution in [1.82, 2.24) is 4.98 Å². The Balaban J connectivity index is 2.19. The van der Waals surface area contributed by atoms with Gasteiger partial charge in [0.2, 0.25) is 5.89 Å². The molecule has 0 aliphatic heterocycles. The smallest absolute Gasteiger partial charge is 0.218 e. The summed E-state index contributed by atoms with van der Waals surface area (Å²) in [6.45, 7) is 1.84. The van der Waals surface area contributed by atoms with Crippen LogP contribution in [0.2, 0.25) is 0 Å². The van der Waals surface area contributed by atoms with Gasteiger partial charge in [0.1, 0.15) is 12.1 Å². The third-order valence-corrected chi connectivity index (χ3v) is 2.54. The molecule has 0 radical (unpaired) electrons. The summed E-state index contributed by atoms with van der Waals surface area (Å²) in [5, 5.41) is 0. The molecule has 0 bridgehead atoms. The number of rotatable bonds is 3. The van der Waals surface area contributed by atoms with Gasteiger partial charge in [0.25, 0.3) is 0 Å². The highest BCUT2D eigenvalue weighted by Gasteiger charge is 2.01. The van der Waals surface area contributed by atoms with Crippen molar-refractivity contribution in [3.05, 3.63) is 53.0 Å². The second kappa shape index (κ2) is 5.15. The molecule has 0 unspecified atom stereocenters. The van der Waals surface area contributed by atoms with Crippen molar-refractivity contribution in [2.24, 2.45) is 0 Å². The average molecular weight is 252 g/mol. The van der Waals surface area contributed by atoms with Crippen molar-refractivity contribution in [1.29, 1.82) is 0 Å². The van der Waals surface area contributed by atoms with E-state index in [9.17, 15) is 4.39 Å². The third-order valence-electron chi connectivity index (χ3n) is 2.27. The van der Waals surface area contributed by atoms with Crippen LogP contribution < -0.4 is 0 Å². The van der Waals surface area contributed by atoms with Gasteiger partial charge in [-0.25, -0.2) is 9.37 Å². The Kier molecular flexibility index (Phi) is 3.59. The highest BCUT2D eigenvalue weighted by atomic mass is 35.5. The van der Waals surface area contributed by atoms with Gasteiger partial charge in [0.05, 0.1) is 11.6 Å². The fourth-order valence-electron chi connectivity index (χ4n) is 1.39. The van der Waals surface area contributed by atoms with Crippen LogP contribution in [0.25, 0.3) is 12.2 Å². The van der Waals surface area contributed by atoms with Crippen molar-refractivity contribution < 1.29 is 8.81 Å². The zero-order valence-corrected chi connectivity index (χ0v) is 10.0. The van der Waals surface area contributed by atoms with E-state index in [1.807, 2.05) is 13.0 Å². The van der Waals surface area contributed by atoms with E-state index >= 15 is 0 Å². The molecule has 0 aliphatic rings. The molecule has 0 fully saturated rings. The third kappa shape index (κ3) is 2.94. The predicted molar refractivity (Wildman–Crippen MR) is 66.1 cm³/mol. The molecule has 0 atom stereocenters. The van der Waals surface area contributed by atoms with Crippen LogP contribution in [-0.2, 0) is 5.88 Å². The minimum atomic E-state index is -0.259. The maximum absolute atomic E-state index is 13.5. The van der Waals surface area contributed by atoms with E-state index in [2.05, 4.69) is 4.98 Å². The summed E-state index contributed by atoms with van der Waals surface area (Å²) in [6, 6.07) is 5.05. The lowest BCUT2D eigenvalue weighted by atomic mass is 10.1. The van der Waals surface area contributed by atoms with Gasteiger partial charge >= 0.3 is 0 Å². The molecule has 0 saturated carbocycles. The van der Waals surface area contributed by atoms with Crippen LogP contribution in [0.4, 0.5) is 4.39 Å². The first-order valence-corrected chi connectivity index (χ1v) is 5.67. The van der Waals surface area contributed by atoms with Crippen LogP contribution in [0, 0.1) is 12.7 Å². The number of halogens is 2. The van der Waals surface area contributed by atoms with E-state index in [0.717, 1.165) is 5.56 Å². The van der Waals surface area contributed by atoms with Gasteiger partial charge in [-0.1, -0.05) is 12.1 Å². The summed E-state index contributed by atoms with van der Waals surface area (Å²) in [5.41, 5.74) is 2.05. The van der Waals surface area contributed by atoms with Crippen LogP contribution in [0.1, 0.15) is 22.7 Å². The largest absolute Gasteiger partial charge is 0.445 e. The maximum Gasteiger partial charge on any atom is 0.218 e. The molecule has 0 saturated heterocycles. The molecule has 0 spiro atoms. The Morgan fingerprint density at radius 2 is 2.24 bits per heavy atom. The van der Waals surface area contributed by atoms with E-state index in [-0.39, 0.29) is 5.82 Å². The normalized spacial score (nSPS) is 11.2. The fraction of sp³-hybridized carbons (Fsp3) is 0.154. The number of aromatic nitrogens is 1. The quantitative estimate of drug-likeness (QED) is 0.770. The Hall–Kier alpha value is -1.61. The van der Waals surface area contributed by atoms with Gasteiger partial charge in [-0.15, -0.1) is 11.6 Å². The molecule has 1 aromatic carbocycles. The molecule has 2 nitrogen and oxygen atoms in total. The lowest BCUT2D eigenvalue weighted by Crippen LogP contribution is -1.83. The van der Waals surface area contributed by atoms with Gasteiger partial charge in [-0.2, -0.15) is 0 Å². The number of benzene rings is 1. The number of hydrogen-bond acceptors (Lipinski definition) is 2. The number of hydrogen-bond donors (Lipinski definition) is 0. The number of oxazole rings is 1.